The number of aromatic hydroxyl groups is 1. The number of phenolic OH excluding ortho intramolecular Hbond substituents is 1. The van der Waals surface area contributed by atoms with Crippen molar-refractivity contribution in [3.63, 3.8) is 0 Å². The number of piperidine rings is 1. The summed E-state index contributed by atoms with van der Waals surface area (Å²) < 4.78 is 7.64. The van der Waals surface area contributed by atoms with Crippen molar-refractivity contribution in [2.75, 3.05) is 26.3 Å². The molecule has 3 heterocycles. The summed E-state index contributed by atoms with van der Waals surface area (Å²) in [6.07, 6.45) is 5.43. The molecule has 1 atom stereocenters. The molecule has 0 radical (unpaired) electrons. The van der Waals surface area contributed by atoms with Crippen LogP contribution in [0.2, 0.25) is 0 Å². The van der Waals surface area contributed by atoms with Gasteiger partial charge < -0.3 is 19.5 Å². The summed E-state index contributed by atoms with van der Waals surface area (Å²) >= 11 is 1.66. The molecule has 2 N–H and O–H groups in total. The number of carbonyl (C=O) groups is 1. The van der Waals surface area contributed by atoms with Gasteiger partial charge in [0, 0.05) is 77.6 Å². The van der Waals surface area contributed by atoms with Crippen LogP contribution in [-0.4, -0.2) is 56.9 Å². The van der Waals surface area contributed by atoms with Gasteiger partial charge in [-0.2, -0.15) is 0 Å². The lowest BCUT2D eigenvalue weighted by Gasteiger charge is -2.32. The summed E-state index contributed by atoms with van der Waals surface area (Å²) in [5.74, 6) is 0.548. The second-order valence-corrected chi connectivity index (χ2v) is 11.1. The van der Waals surface area contributed by atoms with E-state index in [9.17, 15) is 15.0 Å². The lowest BCUT2D eigenvalue weighted by molar-refractivity contribution is 0.0527. The SMILES string of the molecule is CCOC(=O)c1c(CSc2ccccc2)n(C)c2cc(-c3cccnc3)c(O)c(CN3CCCC(CO)C3)c12.Cl. The monoisotopic (exact) mass is 581 g/mol. The molecule has 0 bridgehead atoms. The Labute approximate surface area is 245 Å². The maximum Gasteiger partial charge on any atom is 0.340 e. The van der Waals surface area contributed by atoms with Gasteiger partial charge >= 0.3 is 5.97 Å². The van der Waals surface area contributed by atoms with Crippen LogP contribution >= 0.6 is 24.2 Å². The van der Waals surface area contributed by atoms with Crippen LogP contribution in [0.25, 0.3) is 22.0 Å². The molecule has 1 aliphatic heterocycles. The second-order valence-electron chi connectivity index (χ2n) is 10.0. The van der Waals surface area contributed by atoms with Gasteiger partial charge in [0.1, 0.15) is 5.75 Å². The van der Waals surface area contributed by atoms with Crippen molar-refractivity contribution in [1.82, 2.24) is 14.5 Å². The van der Waals surface area contributed by atoms with E-state index in [4.69, 9.17) is 4.74 Å². The highest BCUT2D eigenvalue weighted by atomic mass is 35.5. The van der Waals surface area contributed by atoms with Crippen LogP contribution in [0.4, 0.5) is 0 Å². The first-order valence-corrected chi connectivity index (χ1v) is 14.4. The van der Waals surface area contributed by atoms with E-state index in [1.807, 2.05) is 50.4 Å². The van der Waals surface area contributed by atoms with E-state index < -0.39 is 0 Å². The zero-order chi connectivity index (χ0) is 27.4. The highest BCUT2D eigenvalue weighted by molar-refractivity contribution is 7.98. The number of rotatable bonds is 9. The van der Waals surface area contributed by atoms with Gasteiger partial charge in [-0.25, -0.2) is 4.79 Å². The van der Waals surface area contributed by atoms with Crippen molar-refractivity contribution in [3.8, 4) is 16.9 Å². The quantitative estimate of drug-likeness (QED) is 0.184. The van der Waals surface area contributed by atoms with Crippen LogP contribution in [0.3, 0.4) is 0 Å². The number of hydrogen-bond acceptors (Lipinski definition) is 7. The second kappa shape index (κ2) is 13.5. The van der Waals surface area contributed by atoms with Crippen LogP contribution in [0, 0.1) is 5.92 Å². The molecule has 2 aromatic carbocycles. The lowest BCUT2D eigenvalue weighted by atomic mass is 9.94. The topological polar surface area (TPSA) is 87.8 Å². The smallest absolute Gasteiger partial charge is 0.340 e. The molecule has 7 nitrogen and oxygen atoms in total. The number of halogens is 1. The average Bonchev–Trinajstić information content (AvgIpc) is 3.25. The number of nitrogens with zero attached hydrogens (tertiary/aromatic N) is 3. The Morgan fingerprint density at radius 3 is 2.70 bits per heavy atom. The van der Waals surface area contributed by atoms with E-state index in [0.717, 1.165) is 53.0 Å². The minimum absolute atomic E-state index is 0. The number of esters is 1. The Balaban J connectivity index is 0.00000370. The maximum atomic E-state index is 13.5. The minimum atomic E-state index is -0.381. The van der Waals surface area contributed by atoms with Crippen molar-refractivity contribution in [2.45, 2.75) is 37.0 Å². The summed E-state index contributed by atoms with van der Waals surface area (Å²) in [5.41, 5.74) is 4.43. The summed E-state index contributed by atoms with van der Waals surface area (Å²) in [6.45, 7) is 4.30. The molecule has 0 aliphatic carbocycles. The van der Waals surface area contributed by atoms with Gasteiger partial charge in [-0.05, 0) is 56.5 Å². The third-order valence-electron chi connectivity index (χ3n) is 7.50. The molecule has 9 heteroatoms. The van der Waals surface area contributed by atoms with Crippen molar-refractivity contribution >= 4 is 41.0 Å². The standard InChI is InChI=1S/C31H35N3O4S.ClH/c1-3-38-31(37)29-27(20-39-23-11-5-4-6-12-23)33(2)26-15-24(22-10-7-13-32-16-22)30(36)25(28(26)29)18-34-14-8-9-21(17-34)19-35;/h4-7,10-13,15-16,21,35-36H,3,8-9,14,17-20H2,1-2H3;1H. The molecule has 0 saturated carbocycles. The number of fused-ring (bicyclic) bond motifs is 1. The number of carbonyl (C=O) groups excluding carboxylic acids is 1. The molecule has 212 valence electrons. The van der Waals surface area contributed by atoms with Crippen molar-refractivity contribution in [3.05, 3.63) is 77.7 Å². The molecule has 4 aromatic rings. The molecular weight excluding hydrogens is 546 g/mol. The molecule has 1 fully saturated rings. The molecule has 1 unspecified atom stereocenters. The largest absolute Gasteiger partial charge is 0.507 e. The average molecular weight is 582 g/mol. The highest BCUT2D eigenvalue weighted by Gasteiger charge is 2.29. The van der Waals surface area contributed by atoms with Gasteiger partial charge in [0.25, 0.3) is 0 Å². The zero-order valence-corrected chi connectivity index (χ0v) is 24.5. The van der Waals surface area contributed by atoms with Crippen molar-refractivity contribution < 1.29 is 19.7 Å². The number of thioether (sulfide) groups is 1. The summed E-state index contributed by atoms with van der Waals surface area (Å²) in [6, 6.07) is 15.9. The number of aryl methyl sites for hydroxylation is 1. The van der Waals surface area contributed by atoms with E-state index in [1.165, 1.54) is 0 Å². The van der Waals surface area contributed by atoms with Crippen molar-refractivity contribution in [2.24, 2.45) is 13.0 Å². The summed E-state index contributed by atoms with van der Waals surface area (Å²) in [7, 11) is 1.97. The minimum Gasteiger partial charge on any atom is -0.507 e. The number of ether oxygens (including phenoxy) is 1. The van der Waals surface area contributed by atoms with E-state index in [1.54, 1.807) is 24.2 Å². The van der Waals surface area contributed by atoms with Crippen LogP contribution < -0.4 is 0 Å². The molecule has 1 saturated heterocycles. The molecule has 0 amide bonds. The van der Waals surface area contributed by atoms with Crippen LogP contribution in [0.5, 0.6) is 5.75 Å². The van der Waals surface area contributed by atoms with Gasteiger partial charge in [-0.15, -0.1) is 24.2 Å². The van der Waals surface area contributed by atoms with Gasteiger partial charge in [-0.3, -0.25) is 9.88 Å². The first kappa shape index (κ1) is 29.9. The van der Waals surface area contributed by atoms with E-state index in [0.29, 0.717) is 29.0 Å². The van der Waals surface area contributed by atoms with E-state index in [2.05, 4.69) is 26.6 Å². The first-order chi connectivity index (χ1) is 19.0. The Kier molecular flexibility index (Phi) is 10.1. The zero-order valence-electron chi connectivity index (χ0n) is 22.9. The predicted molar refractivity (Wildman–Crippen MR) is 162 cm³/mol. The maximum absolute atomic E-state index is 13.5. The summed E-state index contributed by atoms with van der Waals surface area (Å²) in [4.78, 5) is 21.2. The third-order valence-corrected chi connectivity index (χ3v) is 8.52. The number of likely N-dealkylation sites (tertiary alicyclic amines) is 1. The van der Waals surface area contributed by atoms with E-state index in [-0.39, 0.29) is 43.3 Å². The number of aliphatic hydroxyl groups excluding tert-OH is 1. The first-order valence-electron chi connectivity index (χ1n) is 13.5. The Morgan fingerprint density at radius 1 is 1.20 bits per heavy atom. The van der Waals surface area contributed by atoms with Gasteiger partial charge in [0.15, 0.2) is 0 Å². The third kappa shape index (κ3) is 6.15. The van der Waals surface area contributed by atoms with Gasteiger partial charge in [-0.1, -0.05) is 24.3 Å². The van der Waals surface area contributed by atoms with Gasteiger partial charge in [0.05, 0.1) is 17.7 Å². The molecule has 40 heavy (non-hydrogen) atoms. The molecule has 5 rings (SSSR count). The van der Waals surface area contributed by atoms with E-state index >= 15 is 0 Å². The fourth-order valence-corrected chi connectivity index (χ4v) is 6.53. The van der Waals surface area contributed by atoms with Crippen LogP contribution in [0.1, 0.15) is 41.4 Å². The van der Waals surface area contributed by atoms with Crippen LogP contribution in [-0.2, 0) is 24.1 Å². The highest BCUT2D eigenvalue weighted by Crippen LogP contribution is 2.43. The molecule has 1 aliphatic rings. The van der Waals surface area contributed by atoms with Crippen molar-refractivity contribution in [1.29, 1.82) is 0 Å². The Hall–Kier alpha value is -3.04. The Bertz CT molecular complexity index is 1450. The lowest BCUT2D eigenvalue weighted by Crippen LogP contribution is -2.36. The van der Waals surface area contributed by atoms with Crippen LogP contribution in [0.15, 0.2) is 65.8 Å². The number of pyridine rings is 1. The summed E-state index contributed by atoms with van der Waals surface area (Å²) in [5, 5.41) is 22.3. The number of aliphatic hydroxyl groups is 1. The fourth-order valence-electron chi connectivity index (χ4n) is 5.54. The Morgan fingerprint density at radius 2 is 2.00 bits per heavy atom. The number of phenols is 1. The molecule has 0 spiro atoms. The van der Waals surface area contributed by atoms with Gasteiger partial charge in [0.2, 0.25) is 0 Å². The number of aromatic nitrogens is 2. The molecule has 2 aromatic heterocycles. The normalized spacial score (nSPS) is 15.6. The number of benzene rings is 2. The predicted octanol–water partition coefficient (Wildman–Crippen LogP) is 6.04. The molecular formula is C31H36ClN3O4S. The number of hydrogen-bond donors (Lipinski definition) is 2. The fraction of sp³-hybridized carbons (Fsp3) is 0.355.